The molecule has 0 unspecified atom stereocenters. The molecule has 98 valence electrons. The van der Waals surface area contributed by atoms with E-state index >= 15 is 0 Å². The molecule has 20 heavy (non-hydrogen) atoms. The van der Waals surface area contributed by atoms with Crippen molar-refractivity contribution in [2.75, 3.05) is 11.4 Å². The molecule has 0 bridgehead atoms. The summed E-state index contributed by atoms with van der Waals surface area (Å²) >= 11 is 1.40. The van der Waals surface area contributed by atoms with Gasteiger partial charge in [-0.3, -0.25) is 0 Å². The van der Waals surface area contributed by atoms with E-state index in [1.165, 1.54) is 11.5 Å². The lowest BCUT2D eigenvalue weighted by Gasteiger charge is -2.22. The molecule has 0 aliphatic carbocycles. The zero-order valence-corrected chi connectivity index (χ0v) is 11.6. The minimum atomic E-state index is 0.802. The molecule has 0 radical (unpaired) electrons. The highest BCUT2D eigenvalue weighted by Gasteiger charge is 2.28. The van der Waals surface area contributed by atoms with Crippen molar-refractivity contribution in [1.82, 2.24) is 19.6 Å². The van der Waals surface area contributed by atoms with Gasteiger partial charge in [0.25, 0.3) is 0 Å². The van der Waals surface area contributed by atoms with Crippen molar-refractivity contribution in [3.05, 3.63) is 36.7 Å². The molecule has 0 spiro atoms. The maximum atomic E-state index is 4.55. The number of rotatable bonds is 1. The zero-order valence-electron chi connectivity index (χ0n) is 10.8. The Bertz CT molecular complexity index is 720. The molecular formula is C14H11N5S. The Morgan fingerprint density at radius 3 is 2.50 bits per heavy atom. The van der Waals surface area contributed by atoms with E-state index in [0.29, 0.717) is 0 Å². The Morgan fingerprint density at radius 2 is 1.75 bits per heavy atom. The van der Waals surface area contributed by atoms with Crippen LogP contribution in [0.1, 0.15) is 6.92 Å². The van der Waals surface area contributed by atoms with Crippen molar-refractivity contribution in [2.24, 2.45) is 0 Å². The highest BCUT2D eigenvalue weighted by atomic mass is 32.1. The van der Waals surface area contributed by atoms with Gasteiger partial charge in [-0.2, -0.15) is 0 Å². The summed E-state index contributed by atoms with van der Waals surface area (Å²) in [5, 5.41) is 4.30. The van der Waals surface area contributed by atoms with Crippen LogP contribution < -0.4 is 4.90 Å². The van der Waals surface area contributed by atoms with Crippen molar-refractivity contribution in [3.8, 4) is 21.7 Å². The third kappa shape index (κ3) is 1.48. The first-order chi connectivity index (χ1) is 9.90. The molecule has 3 aromatic rings. The normalized spacial score (nSPS) is 12.3. The van der Waals surface area contributed by atoms with E-state index in [9.17, 15) is 0 Å². The predicted octanol–water partition coefficient (Wildman–Crippen LogP) is 3.13. The van der Waals surface area contributed by atoms with Gasteiger partial charge < -0.3 is 4.90 Å². The van der Waals surface area contributed by atoms with Gasteiger partial charge in [0.2, 0.25) is 0 Å². The molecule has 0 saturated heterocycles. The molecule has 1 aliphatic rings. The van der Waals surface area contributed by atoms with Crippen molar-refractivity contribution in [3.63, 3.8) is 0 Å². The molecule has 0 saturated carbocycles. The molecule has 0 N–H and O–H groups in total. The second kappa shape index (κ2) is 4.35. The lowest BCUT2D eigenvalue weighted by atomic mass is 10.1. The molecule has 1 aliphatic heterocycles. The van der Waals surface area contributed by atoms with Crippen molar-refractivity contribution in [1.29, 1.82) is 0 Å². The van der Waals surface area contributed by atoms with E-state index in [1.807, 2.05) is 24.4 Å². The fraction of sp³-hybridized carbons (Fsp3) is 0.143. The number of hydrogen-bond acceptors (Lipinski definition) is 6. The number of nitrogens with zero attached hydrogens (tertiary/aromatic N) is 5. The van der Waals surface area contributed by atoms with Gasteiger partial charge in [-0.1, -0.05) is 4.49 Å². The van der Waals surface area contributed by atoms with Crippen LogP contribution in [0.5, 0.6) is 0 Å². The van der Waals surface area contributed by atoms with Crippen LogP contribution in [0.25, 0.3) is 21.7 Å². The fourth-order valence-electron chi connectivity index (χ4n) is 2.53. The maximum Gasteiger partial charge on any atom is 0.143 e. The van der Waals surface area contributed by atoms with Gasteiger partial charge in [-0.05, 0) is 42.7 Å². The Morgan fingerprint density at radius 1 is 1.05 bits per heavy atom. The Hall–Kier alpha value is -2.34. The fourth-order valence-corrected chi connectivity index (χ4v) is 3.23. The third-order valence-electron chi connectivity index (χ3n) is 3.39. The number of aromatic nitrogens is 4. The zero-order chi connectivity index (χ0) is 13.5. The lowest BCUT2D eigenvalue weighted by Crippen LogP contribution is -2.19. The average molecular weight is 281 g/mol. The largest absolute Gasteiger partial charge is 0.310 e. The summed E-state index contributed by atoms with van der Waals surface area (Å²) in [6.45, 7) is 2.90. The molecule has 0 fully saturated rings. The van der Waals surface area contributed by atoms with Gasteiger partial charge in [-0.15, -0.1) is 5.10 Å². The molecular weight excluding hydrogens is 270 g/mol. The average Bonchev–Trinajstić information content (AvgIpc) is 2.95. The first-order valence-electron chi connectivity index (χ1n) is 6.41. The number of pyridine rings is 2. The Labute approximate surface area is 120 Å². The van der Waals surface area contributed by atoms with E-state index < -0.39 is 0 Å². The minimum absolute atomic E-state index is 0.802. The van der Waals surface area contributed by atoms with Gasteiger partial charge in [0.15, 0.2) is 0 Å². The molecule has 0 aromatic carbocycles. The van der Waals surface area contributed by atoms with Crippen molar-refractivity contribution in [2.45, 2.75) is 6.92 Å². The van der Waals surface area contributed by atoms with E-state index in [1.54, 1.807) is 6.20 Å². The van der Waals surface area contributed by atoms with E-state index in [4.69, 9.17) is 0 Å². The van der Waals surface area contributed by atoms with Gasteiger partial charge in [-0.25, -0.2) is 9.97 Å². The quantitative estimate of drug-likeness (QED) is 0.686. The van der Waals surface area contributed by atoms with Crippen LogP contribution in [-0.4, -0.2) is 26.1 Å². The smallest absolute Gasteiger partial charge is 0.143 e. The molecule has 3 aromatic heterocycles. The van der Waals surface area contributed by atoms with Gasteiger partial charge in [0.05, 0.1) is 4.88 Å². The molecule has 5 nitrogen and oxygen atoms in total. The summed E-state index contributed by atoms with van der Waals surface area (Å²) in [4.78, 5) is 12.3. The first-order valence-corrected chi connectivity index (χ1v) is 7.18. The highest BCUT2D eigenvalue weighted by molar-refractivity contribution is 7.10. The van der Waals surface area contributed by atoms with Gasteiger partial charge in [0.1, 0.15) is 17.3 Å². The minimum Gasteiger partial charge on any atom is -0.310 e. The van der Waals surface area contributed by atoms with Crippen LogP contribution in [0.3, 0.4) is 0 Å². The second-order valence-electron chi connectivity index (χ2n) is 4.44. The van der Waals surface area contributed by atoms with Crippen LogP contribution in [0.4, 0.5) is 11.6 Å². The summed E-state index contributed by atoms with van der Waals surface area (Å²) in [5.41, 5.74) is 2.97. The monoisotopic (exact) mass is 281 g/mol. The van der Waals surface area contributed by atoms with E-state index in [2.05, 4.69) is 37.4 Å². The standard InChI is InChI=1S/C14H11N5S/c1-2-19-13-9(5-3-7-15-13)11-12(20-18-17-11)10-6-4-8-16-14(10)19/h3-8H,2H2,1H3. The van der Waals surface area contributed by atoms with Gasteiger partial charge in [0, 0.05) is 30.1 Å². The SMILES string of the molecule is CCN1c2ncccc2-c2nnsc2-c2cccnc21. The Kier molecular flexibility index (Phi) is 2.50. The van der Waals surface area contributed by atoms with Crippen LogP contribution >= 0.6 is 11.5 Å². The first kappa shape index (κ1) is 11.5. The lowest BCUT2D eigenvalue weighted by molar-refractivity contribution is 0.966. The van der Waals surface area contributed by atoms with Gasteiger partial charge >= 0.3 is 0 Å². The maximum absolute atomic E-state index is 4.55. The van der Waals surface area contributed by atoms with E-state index in [0.717, 1.165) is 39.9 Å². The van der Waals surface area contributed by atoms with Crippen LogP contribution in [-0.2, 0) is 0 Å². The molecule has 0 amide bonds. The summed E-state index contributed by atoms with van der Waals surface area (Å²) < 4.78 is 4.11. The molecule has 4 rings (SSSR count). The number of anilines is 2. The van der Waals surface area contributed by atoms with Crippen LogP contribution in [0, 0.1) is 0 Å². The van der Waals surface area contributed by atoms with Crippen LogP contribution in [0.15, 0.2) is 36.7 Å². The van der Waals surface area contributed by atoms with Crippen molar-refractivity contribution < 1.29 is 0 Å². The topological polar surface area (TPSA) is 54.8 Å². The van der Waals surface area contributed by atoms with Crippen LogP contribution in [0.2, 0.25) is 0 Å². The van der Waals surface area contributed by atoms with E-state index in [-0.39, 0.29) is 0 Å². The highest BCUT2D eigenvalue weighted by Crippen LogP contribution is 2.45. The number of fused-ring (bicyclic) bond motifs is 5. The Balaban J connectivity index is 2.14. The third-order valence-corrected chi connectivity index (χ3v) is 4.15. The summed E-state index contributed by atoms with van der Waals surface area (Å²) in [6, 6.07) is 7.98. The summed E-state index contributed by atoms with van der Waals surface area (Å²) in [7, 11) is 0. The van der Waals surface area contributed by atoms with Crippen molar-refractivity contribution >= 4 is 23.2 Å². The predicted molar refractivity (Wildman–Crippen MR) is 79.1 cm³/mol. The second-order valence-corrected chi connectivity index (χ2v) is 5.20. The molecule has 0 atom stereocenters. The summed E-state index contributed by atoms with van der Waals surface area (Å²) in [6.07, 6.45) is 3.61. The molecule has 4 heterocycles. The number of hydrogen-bond donors (Lipinski definition) is 0. The molecule has 6 heteroatoms. The summed E-state index contributed by atoms with van der Waals surface area (Å²) in [5.74, 6) is 1.81.